The van der Waals surface area contributed by atoms with Crippen molar-refractivity contribution in [2.75, 3.05) is 25.0 Å². The van der Waals surface area contributed by atoms with Crippen LogP contribution in [-0.2, 0) is 14.1 Å². The van der Waals surface area contributed by atoms with Crippen LogP contribution >= 0.6 is 0 Å². The Morgan fingerprint density at radius 2 is 1.93 bits per heavy atom. The molecule has 0 saturated carbocycles. The van der Waals surface area contributed by atoms with E-state index in [1.807, 2.05) is 27.7 Å². The third kappa shape index (κ3) is 4.14. The van der Waals surface area contributed by atoms with E-state index in [0.717, 1.165) is 18.3 Å². The van der Waals surface area contributed by atoms with E-state index in [-0.39, 0.29) is 6.04 Å². The van der Waals surface area contributed by atoms with Gasteiger partial charge in [0.05, 0.1) is 17.8 Å². The van der Waals surface area contributed by atoms with Crippen LogP contribution in [0.25, 0.3) is 0 Å². The van der Waals surface area contributed by atoms with Gasteiger partial charge in [-0.3, -0.25) is 4.79 Å². The number of aliphatic hydroxyl groups excluding tert-OH is 2. The predicted molar refractivity (Wildman–Crippen MR) is 104 cm³/mol. The number of likely N-dealkylation sites (tertiary alicyclic amines) is 1. The standard InChI is InChI=1S/C18H29BN4O5/c1-17(2)18(3,4)28-19(27-17)12-8-20-16(21-9-12)22-10-13-6-5-7-23(13)15(26)14(25)11-24/h8-9,13-14,24-25H,5-7,10-11H2,1-4H3,(H,20,21,22)/t13-,14+/m0/s1. The molecule has 1 amide bonds. The normalized spacial score (nSPS) is 24.4. The number of hydrogen-bond acceptors (Lipinski definition) is 8. The molecule has 3 N–H and O–H groups in total. The zero-order chi connectivity index (χ0) is 20.5. The quantitative estimate of drug-likeness (QED) is 0.557. The zero-order valence-electron chi connectivity index (χ0n) is 16.9. The minimum absolute atomic E-state index is 0.0694. The third-order valence-electron chi connectivity index (χ3n) is 5.81. The first-order chi connectivity index (χ1) is 13.1. The van der Waals surface area contributed by atoms with E-state index in [1.54, 1.807) is 17.3 Å². The predicted octanol–water partition coefficient (Wildman–Crippen LogP) is -0.468. The monoisotopic (exact) mass is 392 g/mol. The molecule has 1 aromatic rings. The van der Waals surface area contributed by atoms with Gasteiger partial charge >= 0.3 is 7.12 Å². The fraction of sp³-hybridized carbons (Fsp3) is 0.722. The van der Waals surface area contributed by atoms with Crippen molar-refractivity contribution in [1.29, 1.82) is 0 Å². The first-order valence-electron chi connectivity index (χ1n) is 9.65. The summed E-state index contributed by atoms with van der Waals surface area (Å²) in [6, 6.07) is -0.0694. The van der Waals surface area contributed by atoms with Crippen LogP contribution in [0.15, 0.2) is 12.4 Å². The lowest BCUT2D eigenvalue weighted by molar-refractivity contribution is -0.142. The summed E-state index contributed by atoms with van der Waals surface area (Å²) in [5.41, 5.74) is -0.105. The molecule has 2 aliphatic rings. The Morgan fingerprint density at radius 1 is 1.32 bits per heavy atom. The van der Waals surface area contributed by atoms with Crippen LogP contribution in [0.4, 0.5) is 5.95 Å². The summed E-state index contributed by atoms with van der Waals surface area (Å²) >= 11 is 0. The Labute approximate surface area is 165 Å². The van der Waals surface area contributed by atoms with Gasteiger partial charge in [-0.2, -0.15) is 0 Å². The molecule has 2 atom stereocenters. The maximum atomic E-state index is 12.1. The molecule has 154 valence electrons. The van der Waals surface area contributed by atoms with Crippen LogP contribution in [-0.4, -0.2) is 81.2 Å². The van der Waals surface area contributed by atoms with Gasteiger partial charge in [0.1, 0.15) is 0 Å². The maximum Gasteiger partial charge on any atom is 0.498 e. The molecule has 0 radical (unpaired) electrons. The summed E-state index contributed by atoms with van der Waals surface area (Å²) < 4.78 is 12.0. The number of carbonyl (C=O) groups is 1. The van der Waals surface area contributed by atoms with Crippen molar-refractivity contribution in [3.05, 3.63) is 12.4 Å². The van der Waals surface area contributed by atoms with Gasteiger partial charge < -0.3 is 29.7 Å². The average molecular weight is 392 g/mol. The molecule has 0 aliphatic carbocycles. The highest BCUT2D eigenvalue weighted by atomic mass is 16.7. The third-order valence-corrected chi connectivity index (χ3v) is 5.81. The van der Waals surface area contributed by atoms with Crippen molar-refractivity contribution in [2.45, 2.75) is 63.9 Å². The number of aromatic nitrogens is 2. The number of nitrogens with one attached hydrogen (secondary N) is 1. The van der Waals surface area contributed by atoms with Gasteiger partial charge in [-0.25, -0.2) is 9.97 Å². The molecular formula is C18H29BN4O5. The first kappa shape index (κ1) is 21.0. The molecule has 9 nitrogen and oxygen atoms in total. The van der Waals surface area contributed by atoms with Gasteiger partial charge in [-0.15, -0.1) is 0 Å². The fourth-order valence-corrected chi connectivity index (χ4v) is 3.35. The molecule has 2 fully saturated rings. The van der Waals surface area contributed by atoms with Crippen LogP contribution in [0.3, 0.4) is 0 Å². The summed E-state index contributed by atoms with van der Waals surface area (Å²) in [6.45, 7) is 8.44. The average Bonchev–Trinajstić information content (AvgIpc) is 3.20. The van der Waals surface area contributed by atoms with Crippen LogP contribution in [0, 0.1) is 0 Å². The van der Waals surface area contributed by atoms with E-state index in [0.29, 0.717) is 19.0 Å². The van der Waals surface area contributed by atoms with E-state index in [9.17, 15) is 9.90 Å². The lowest BCUT2D eigenvalue weighted by Crippen LogP contribution is -2.46. The second-order valence-electron chi connectivity index (χ2n) is 8.34. The largest absolute Gasteiger partial charge is 0.498 e. The smallest absolute Gasteiger partial charge is 0.399 e. The van der Waals surface area contributed by atoms with Crippen molar-refractivity contribution in [2.24, 2.45) is 0 Å². The number of carbonyl (C=O) groups excluding carboxylic acids is 1. The molecular weight excluding hydrogens is 363 g/mol. The van der Waals surface area contributed by atoms with Crippen LogP contribution in [0.5, 0.6) is 0 Å². The zero-order valence-corrected chi connectivity index (χ0v) is 16.9. The molecule has 2 aliphatic heterocycles. The summed E-state index contributed by atoms with van der Waals surface area (Å²) in [6.07, 6.45) is 3.66. The van der Waals surface area contributed by atoms with Gasteiger partial charge in [0.2, 0.25) is 5.95 Å². The van der Waals surface area contributed by atoms with Crippen LogP contribution in [0.1, 0.15) is 40.5 Å². The lowest BCUT2D eigenvalue weighted by atomic mass is 9.81. The lowest BCUT2D eigenvalue weighted by Gasteiger charge is -2.32. The van der Waals surface area contributed by atoms with Crippen LogP contribution < -0.4 is 10.8 Å². The minimum atomic E-state index is -1.36. The Morgan fingerprint density at radius 3 is 2.50 bits per heavy atom. The SMILES string of the molecule is CC1(C)OB(c2cnc(NC[C@@H]3CCCN3C(=O)[C@H](O)CO)nc2)OC1(C)C. The maximum absolute atomic E-state index is 12.1. The molecule has 0 spiro atoms. The van der Waals surface area contributed by atoms with Crippen LogP contribution in [0.2, 0.25) is 0 Å². The Hall–Kier alpha value is -1.75. The molecule has 3 rings (SSSR count). The molecule has 0 aromatic carbocycles. The molecule has 3 heterocycles. The first-order valence-corrected chi connectivity index (χ1v) is 9.65. The number of nitrogens with zero attached hydrogens (tertiary/aromatic N) is 3. The molecule has 28 heavy (non-hydrogen) atoms. The van der Waals surface area contributed by atoms with Gasteiger partial charge in [0.15, 0.2) is 6.10 Å². The topological polar surface area (TPSA) is 117 Å². The summed E-state index contributed by atoms with van der Waals surface area (Å²) in [5.74, 6) is 0.00565. The van der Waals surface area contributed by atoms with Gasteiger partial charge in [-0.1, -0.05) is 0 Å². The van der Waals surface area contributed by atoms with Crippen molar-refractivity contribution >= 4 is 24.4 Å². The van der Waals surface area contributed by atoms with Gasteiger partial charge in [-0.05, 0) is 40.5 Å². The van der Waals surface area contributed by atoms with E-state index in [4.69, 9.17) is 14.4 Å². The summed E-state index contributed by atoms with van der Waals surface area (Å²) in [5, 5.41) is 21.7. The number of aliphatic hydroxyl groups is 2. The Bertz CT molecular complexity index is 684. The molecule has 0 unspecified atom stereocenters. The number of anilines is 1. The Balaban J connectivity index is 1.57. The molecule has 2 saturated heterocycles. The van der Waals surface area contributed by atoms with E-state index in [1.165, 1.54) is 0 Å². The summed E-state index contributed by atoms with van der Waals surface area (Å²) in [7, 11) is -0.512. The number of amides is 1. The highest BCUT2D eigenvalue weighted by Crippen LogP contribution is 2.36. The molecule has 0 bridgehead atoms. The minimum Gasteiger partial charge on any atom is -0.399 e. The highest BCUT2D eigenvalue weighted by Gasteiger charge is 2.52. The fourth-order valence-electron chi connectivity index (χ4n) is 3.35. The Kier molecular flexibility index (Phi) is 5.95. The van der Waals surface area contributed by atoms with Crippen molar-refractivity contribution in [3.63, 3.8) is 0 Å². The number of rotatable bonds is 6. The van der Waals surface area contributed by atoms with Crippen molar-refractivity contribution in [3.8, 4) is 0 Å². The van der Waals surface area contributed by atoms with E-state index >= 15 is 0 Å². The molecule has 10 heteroatoms. The van der Waals surface area contributed by atoms with E-state index < -0.39 is 36.9 Å². The van der Waals surface area contributed by atoms with Gasteiger partial charge in [0, 0.05) is 37.0 Å². The second-order valence-corrected chi connectivity index (χ2v) is 8.34. The van der Waals surface area contributed by atoms with Gasteiger partial charge in [0.25, 0.3) is 5.91 Å². The summed E-state index contributed by atoms with van der Waals surface area (Å²) in [4.78, 5) is 22.4. The second kappa shape index (κ2) is 7.94. The number of hydrogen-bond donors (Lipinski definition) is 3. The molecule has 1 aromatic heterocycles. The van der Waals surface area contributed by atoms with Crippen molar-refractivity contribution < 1.29 is 24.3 Å². The van der Waals surface area contributed by atoms with Crippen molar-refractivity contribution in [1.82, 2.24) is 14.9 Å². The highest BCUT2D eigenvalue weighted by molar-refractivity contribution is 6.61. The van der Waals surface area contributed by atoms with E-state index in [2.05, 4.69) is 15.3 Å².